The van der Waals surface area contributed by atoms with Crippen molar-refractivity contribution >= 4 is 23.5 Å². The summed E-state index contributed by atoms with van der Waals surface area (Å²) in [6, 6.07) is 1.60. The highest BCUT2D eigenvalue weighted by Gasteiger charge is 2.19. The van der Waals surface area contributed by atoms with E-state index in [1.54, 1.807) is 26.0 Å². The van der Waals surface area contributed by atoms with Crippen LogP contribution in [-0.4, -0.2) is 58.1 Å². The Hall–Kier alpha value is -2.90. The lowest BCUT2D eigenvalue weighted by Gasteiger charge is -2.10. The molecule has 0 aliphatic carbocycles. The van der Waals surface area contributed by atoms with E-state index < -0.39 is 12.1 Å². The number of fused-ring (bicyclic) bond motifs is 1. The van der Waals surface area contributed by atoms with Crippen molar-refractivity contribution in [3.8, 4) is 5.88 Å². The van der Waals surface area contributed by atoms with Crippen LogP contribution in [0.1, 0.15) is 36.8 Å². The van der Waals surface area contributed by atoms with Crippen LogP contribution in [0.25, 0.3) is 11.7 Å². The molecule has 8 nitrogen and oxygen atoms in total. The number of esters is 1. The first-order valence-corrected chi connectivity index (χ1v) is 7.91. The summed E-state index contributed by atoms with van der Waals surface area (Å²) in [5.41, 5.74) is 1.54. The summed E-state index contributed by atoms with van der Waals surface area (Å²) in [5, 5.41) is 4.32. The number of carbonyl (C=O) groups is 2. The molecule has 0 amide bonds. The minimum Gasteiger partial charge on any atom is -0.463 e. The molecule has 0 saturated carbocycles. The van der Waals surface area contributed by atoms with Gasteiger partial charge < -0.3 is 14.4 Å². The first kappa shape index (κ1) is 18.4. The van der Waals surface area contributed by atoms with Crippen molar-refractivity contribution < 1.29 is 19.1 Å². The van der Waals surface area contributed by atoms with Crippen molar-refractivity contribution in [1.29, 1.82) is 0 Å². The van der Waals surface area contributed by atoms with E-state index in [-0.39, 0.29) is 18.3 Å². The van der Waals surface area contributed by atoms with Crippen LogP contribution < -0.4 is 4.74 Å². The van der Waals surface area contributed by atoms with Crippen molar-refractivity contribution in [1.82, 2.24) is 19.5 Å². The fourth-order valence-corrected chi connectivity index (χ4v) is 2.13. The van der Waals surface area contributed by atoms with E-state index in [4.69, 9.17) is 9.47 Å². The van der Waals surface area contributed by atoms with E-state index >= 15 is 0 Å². The third-order valence-corrected chi connectivity index (χ3v) is 3.32. The molecule has 0 N–H and O–H groups in total. The highest BCUT2D eigenvalue weighted by molar-refractivity contribution is 5.97. The molecule has 0 fully saturated rings. The minimum atomic E-state index is -0.794. The molecule has 134 valence electrons. The van der Waals surface area contributed by atoms with Gasteiger partial charge in [0.2, 0.25) is 5.88 Å². The predicted octanol–water partition coefficient (Wildman–Crippen LogP) is 1.79. The van der Waals surface area contributed by atoms with Crippen molar-refractivity contribution in [2.24, 2.45) is 0 Å². The summed E-state index contributed by atoms with van der Waals surface area (Å²) >= 11 is 0. The molecule has 8 heteroatoms. The molecule has 1 atom stereocenters. The normalized spacial score (nSPS) is 12.4. The van der Waals surface area contributed by atoms with E-state index in [9.17, 15) is 9.59 Å². The zero-order chi connectivity index (χ0) is 18.6. The molecular weight excluding hydrogens is 324 g/mol. The van der Waals surface area contributed by atoms with Gasteiger partial charge in [0, 0.05) is 32.6 Å². The van der Waals surface area contributed by atoms with Crippen LogP contribution in [-0.2, 0) is 9.53 Å². The highest BCUT2D eigenvalue weighted by atomic mass is 16.6. The molecule has 2 aromatic heterocycles. The summed E-state index contributed by atoms with van der Waals surface area (Å²) < 4.78 is 12.0. The molecule has 0 aromatic carbocycles. The first-order chi connectivity index (χ1) is 11.8. The van der Waals surface area contributed by atoms with Gasteiger partial charge in [0.25, 0.3) is 0 Å². The Bertz CT molecular complexity index is 810. The van der Waals surface area contributed by atoms with E-state index in [0.717, 1.165) is 0 Å². The van der Waals surface area contributed by atoms with Crippen molar-refractivity contribution in [3.63, 3.8) is 0 Å². The fraction of sp³-hybridized carbons (Fsp3) is 0.412. The Morgan fingerprint density at radius 2 is 2.12 bits per heavy atom. The number of nitrogens with zero attached hydrogens (tertiary/aromatic N) is 4. The zero-order valence-electron chi connectivity index (χ0n) is 15.0. The standard InChI is InChI=1S/C17H22N4O4/c1-6-24-17(23)12(3)25-16-9-15-18-10-13(11(2)22)14(21(15)19-16)7-8-20(4)5/h7-10,12H,6H2,1-5H3/b8-7+. The molecule has 2 aromatic rings. The van der Waals surface area contributed by atoms with Gasteiger partial charge in [-0.15, -0.1) is 5.10 Å². The molecule has 2 rings (SSSR count). The number of carbonyl (C=O) groups excluding carboxylic acids is 2. The fourth-order valence-electron chi connectivity index (χ4n) is 2.13. The van der Waals surface area contributed by atoms with E-state index in [1.165, 1.54) is 17.6 Å². The zero-order valence-corrected chi connectivity index (χ0v) is 15.0. The summed E-state index contributed by atoms with van der Waals surface area (Å²) in [5.74, 6) is -0.358. The minimum absolute atomic E-state index is 0.120. The lowest BCUT2D eigenvalue weighted by Crippen LogP contribution is -2.26. The van der Waals surface area contributed by atoms with Crippen molar-refractivity contribution in [2.45, 2.75) is 26.9 Å². The van der Waals surface area contributed by atoms with Gasteiger partial charge in [-0.25, -0.2) is 14.3 Å². The summed E-state index contributed by atoms with van der Waals surface area (Å²) in [4.78, 5) is 29.7. The van der Waals surface area contributed by atoms with Gasteiger partial charge in [0.05, 0.1) is 17.9 Å². The van der Waals surface area contributed by atoms with Crippen LogP contribution in [0.15, 0.2) is 18.5 Å². The number of hydrogen-bond acceptors (Lipinski definition) is 7. The third-order valence-electron chi connectivity index (χ3n) is 3.32. The second-order valence-electron chi connectivity index (χ2n) is 5.66. The van der Waals surface area contributed by atoms with Gasteiger partial charge in [-0.05, 0) is 26.8 Å². The lowest BCUT2D eigenvalue weighted by atomic mass is 10.1. The van der Waals surface area contributed by atoms with Crippen LogP contribution in [0.5, 0.6) is 5.88 Å². The number of hydrogen-bond donors (Lipinski definition) is 0. The summed E-state index contributed by atoms with van der Waals surface area (Å²) in [6.45, 7) is 5.07. The average Bonchev–Trinajstić information content (AvgIpc) is 2.94. The quantitative estimate of drug-likeness (QED) is 0.558. The molecule has 25 heavy (non-hydrogen) atoms. The van der Waals surface area contributed by atoms with Crippen LogP contribution in [0.4, 0.5) is 0 Å². The predicted molar refractivity (Wildman–Crippen MR) is 92.4 cm³/mol. The number of aromatic nitrogens is 3. The number of ketones is 1. The van der Waals surface area contributed by atoms with Gasteiger partial charge in [0.15, 0.2) is 17.5 Å². The number of Topliss-reactive ketones (excluding diaryl/α,β-unsaturated/α-hetero) is 1. The van der Waals surface area contributed by atoms with Crippen molar-refractivity contribution in [2.75, 3.05) is 20.7 Å². The Morgan fingerprint density at radius 1 is 1.40 bits per heavy atom. The monoisotopic (exact) mass is 346 g/mol. The average molecular weight is 346 g/mol. The van der Waals surface area contributed by atoms with Crippen LogP contribution in [0.2, 0.25) is 0 Å². The highest BCUT2D eigenvalue weighted by Crippen LogP contribution is 2.19. The maximum absolute atomic E-state index is 11.9. The second-order valence-corrected chi connectivity index (χ2v) is 5.66. The largest absolute Gasteiger partial charge is 0.463 e. The van der Waals surface area contributed by atoms with E-state index in [0.29, 0.717) is 16.9 Å². The van der Waals surface area contributed by atoms with Crippen LogP contribution in [0.3, 0.4) is 0 Å². The number of ether oxygens (including phenoxy) is 2. The smallest absolute Gasteiger partial charge is 0.347 e. The van der Waals surface area contributed by atoms with Crippen LogP contribution >= 0.6 is 0 Å². The first-order valence-electron chi connectivity index (χ1n) is 7.91. The van der Waals surface area contributed by atoms with Gasteiger partial charge >= 0.3 is 5.97 Å². The third kappa shape index (κ3) is 4.34. The van der Waals surface area contributed by atoms with E-state index in [2.05, 4.69) is 10.1 Å². The molecule has 0 aliphatic rings. The van der Waals surface area contributed by atoms with E-state index in [1.807, 2.05) is 25.2 Å². The van der Waals surface area contributed by atoms with Gasteiger partial charge in [0.1, 0.15) is 0 Å². The maximum atomic E-state index is 11.9. The summed E-state index contributed by atoms with van der Waals surface area (Å²) in [7, 11) is 3.75. The molecular formula is C17H22N4O4. The molecule has 0 radical (unpaired) electrons. The van der Waals surface area contributed by atoms with Crippen molar-refractivity contribution in [3.05, 3.63) is 29.7 Å². The molecule has 0 aliphatic heterocycles. The van der Waals surface area contributed by atoms with Gasteiger partial charge in [-0.1, -0.05) is 0 Å². The Kier molecular flexibility index (Phi) is 5.74. The van der Waals surface area contributed by atoms with Crippen LogP contribution in [0, 0.1) is 0 Å². The molecule has 1 unspecified atom stereocenters. The summed E-state index contributed by atoms with van der Waals surface area (Å²) in [6.07, 6.45) is 4.30. The molecule has 2 heterocycles. The molecule has 0 saturated heterocycles. The molecule has 0 spiro atoms. The topological polar surface area (TPSA) is 86.0 Å². The maximum Gasteiger partial charge on any atom is 0.347 e. The second kappa shape index (κ2) is 7.78. The Balaban J connectivity index is 2.43. The number of rotatable bonds is 7. The Labute approximate surface area is 146 Å². The van der Waals surface area contributed by atoms with Gasteiger partial charge in [-0.2, -0.15) is 0 Å². The molecule has 0 bridgehead atoms. The van der Waals surface area contributed by atoms with Gasteiger partial charge in [-0.3, -0.25) is 4.79 Å². The Morgan fingerprint density at radius 3 is 2.72 bits per heavy atom. The lowest BCUT2D eigenvalue weighted by molar-refractivity contribution is -0.150. The SMILES string of the molecule is CCOC(=O)C(C)Oc1cc2ncc(C(C)=O)c(/C=C/N(C)C)n2n1.